The normalized spacial score (nSPS) is 17.8. The zero-order chi connectivity index (χ0) is 21.4. The summed E-state index contributed by atoms with van der Waals surface area (Å²) < 4.78 is 12.0. The molecule has 3 aromatic rings. The van der Waals surface area contributed by atoms with Crippen molar-refractivity contribution in [1.29, 1.82) is 0 Å². The lowest BCUT2D eigenvalue weighted by molar-refractivity contribution is 0.163. The maximum Gasteiger partial charge on any atom is 0.415 e. The Morgan fingerprint density at radius 3 is 2.35 bits per heavy atom. The van der Waals surface area contributed by atoms with Crippen LogP contribution in [0.25, 0.3) is 6.08 Å². The van der Waals surface area contributed by atoms with Gasteiger partial charge in [0.25, 0.3) is 0 Å². The second-order valence-corrected chi connectivity index (χ2v) is 8.22. The fourth-order valence-electron chi connectivity index (χ4n) is 4.29. The van der Waals surface area contributed by atoms with Crippen LogP contribution in [-0.2, 0) is 4.74 Å². The van der Waals surface area contributed by atoms with Gasteiger partial charge < -0.3 is 14.4 Å². The zero-order valence-electron chi connectivity index (χ0n) is 17.0. The molecular formula is C25H21BrN2O3. The Balaban J connectivity index is 1.83. The lowest BCUT2D eigenvalue weighted by Gasteiger charge is -2.42. The van der Waals surface area contributed by atoms with Crippen molar-refractivity contribution in [2.45, 2.75) is 6.04 Å². The monoisotopic (exact) mass is 476 g/mol. The Labute approximate surface area is 189 Å². The molecule has 0 spiro atoms. The number of halogens is 1. The summed E-state index contributed by atoms with van der Waals surface area (Å²) in [5.41, 5.74) is 4.12. The number of cyclic esters (lactones) is 1. The van der Waals surface area contributed by atoms with Gasteiger partial charge in [0.1, 0.15) is 18.2 Å². The standard InChI is InChI=1S/C25H21BrN2O3/c1-30-21-13-12-20(26)19-16-22(27-14-15-31-25(27)29)28(18-10-6-3-7-11-18)24(23(19)21)17-8-4-2-5-9-17/h2-13,16,24H,14-15H2,1H3. The van der Waals surface area contributed by atoms with E-state index < -0.39 is 0 Å². The van der Waals surface area contributed by atoms with E-state index in [0.717, 1.165) is 38.4 Å². The van der Waals surface area contributed by atoms with Gasteiger partial charge in [-0.25, -0.2) is 4.79 Å². The van der Waals surface area contributed by atoms with Crippen LogP contribution in [0.3, 0.4) is 0 Å². The second-order valence-electron chi connectivity index (χ2n) is 7.36. The summed E-state index contributed by atoms with van der Waals surface area (Å²) >= 11 is 3.72. The molecule has 1 amide bonds. The minimum Gasteiger partial charge on any atom is -0.496 e. The highest BCUT2D eigenvalue weighted by Crippen LogP contribution is 2.48. The number of anilines is 1. The Kier molecular flexibility index (Phi) is 5.16. The highest BCUT2D eigenvalue weighted by atomic mass is 79.9. The number of amides is 1. The third-order valence-electron chi connectivity index (χ3n) is 5.65. The van der Waals surface area contributed by atoms with Crippen LogP contribution in [0.1, 0.15) is 22.7 Å². The van der Waals surface area contributed by atoms with Gasteiger partial charge in [-0.3, -0.25) is 4.90 Å². The number of carbonyl (C=O) groups excluding carboxylic acids is 1. The smallest absolute Gasteiger partial charge is 0.415 e. The Bertz CT molecular complexity index is 1150. The first-order chi connectivity index (χ1) is 15.2. The van der Waals surface area contributed by atoms with Gasteiger partial charge in [0.05, 0.1) is 19.7 Å². The van der Waals surface area contributed by atoms with Crippen molar-refractivity contribution in [3.05, 3.63) is 99.8 Å². The molecule has 0 aromatic heterocycles. The molecule has 0 bridgehead atoms. The molecule has 5 rings (SSSR count). The second kappa shape index (κ2) is 8.12. The van der Waals surface area contributed by atoms with Crippen molar-refractivity contribution in [3.63, 3.8) is 0 Å². The molecule has 0 saturated carbocycles. The fraction of sp³-hybridized carbons (Fsp3) is 0.160. The number of hydrogen-bond acceptors (Lipinski definition) is 4. The van der Waals surface area contributed by atoms with Gasteiger partial charge in [-0.2, -0.15) is 0 Å². The topological polar surface area (TPSA) is 42.0 Å². The molecule has 2 aliphatic heterocycles. The van der Waals surface area contributed by atoms with Gasteiger partial charge in [-0.05, 0) is 35.9 Å². The van der Waals surface area contributed by atoms with Crippen LogP contribution in [0.15, 0.2) is 83.1 Å². The summed E-state index contributed by atoms with van der Waals surface area (Å²) in [6, 6.07) is 24.2. The highest BCUT2D eigenvalue weighted by molar-refractivity contribution is 9.10. The van der Waals surface area contributed by atoms with E-state index in [1.807, 2.05) is 54.6 Å². The number of fused-ring (bicyclic) bond motifs is 1. The number of benzene rings is 3. The number of carbonyl (C=O) groups is 1. The van der Waals surface area contributed by atoms with Gasteiger partial charge in [0.15, 0.2) is 0 Å². The minimum atomic E-state index is -0.332. The van der Waals surface area contributed by atoms with Crippen LogP contribution < -0.4 is 9.64 Å². The quantitative estimate of drug-likeness (QED) is 0.475. The summed E-state index contributed by atoms with van der Waals surface area (Å²) in [5.74, 6) is 1.58. The maximum absolute atomic E-state index is 12.6. The highest BCUT2D eigenvalue weighted by Gasteiger charge is 2.39. The van der Waals surface area contributed by atoms with Crippen molar-refractivity contribution in [2.24, 2.45) is 0 Å². The minimum absolute atomic E-state index is 0.195. The molecule has 1 fully saturated rings. The van der Waals surface area contributed by atoms with E-state index in [4.69, 9.17) is 9.47 Å². The van der Waals surface area contributed by atoms with E-state index in [1.54, 1.807) is 12.0 Å². The number of ether oxygens (including phenoxy) is 2. The van der Waals surface area contributed by atoms with Gasteiger partial charge in [-0.15, -0.1) is 0 Å². The molecule has 1 unspecified atom stereocenters. The van der Waals surface area contributed by atoms with E-state index in [0.29, 0.717) is 13.2 Å². The average Bonchev–Trinajstić information content (AvgIpc) is 3.25. The third-order valence-corrected chi connectivity index (χ3v) is 6.34. The lowest BCUT2D eigenvalue weighted by atomic mass is 9.88. The molecule has 2 heterocycles. The van der Waals surface area contributed by atoms with Crippen molar-refractivity contribution >= 4 is 33.8 Å². The Morgan fingerprint density at radius 2 is 1.71 bits per heavy atom. The fourth-order valence-corrected chi connectivity index (χ4v) is 4.75. The summed E-state index contributed by atoms with van der Waals surface area (Å²) in [7, 11) is 1.69. The molecular weight excluding hydrogens is 456 g/mol. The van der Waals surface area contributed by atoms with E-state index in [-0.39, 0.29) is 12.1 Å². The molecule has 0 aliphatic carbocycles. The van der Waals surface area contributed by atoms with Crippen LogP contribution in [0.2, 0.25) is 0 Å². The number of para-hydroxylation sites is 1. The molecule has 3 aromatic carbocycles. The Morgan fingerprint density at radius 1 is 1.00 bits per heavy atom. The molecule has 156 valence electrons. The van der Waals surface area contributed by atoms with Crippen LogP contribution >= 0.6 is 15.9 Å². The first-order valence-electron chi connectivity index (χ1n) is 10.1. The van der Waals surface area contributed by atoms with E-state index in [2.05, 4.69) is 45.1 Å². The van der Waals surface area contributed by atoms with E-state index >= 15 is 0 Å². The zero-order valence-corrected chi connectivity index (χ0v) is 18.6. The maximum atomic E-state index is 12.6. The third kappa shape index (κ3) is 3.37. The van der Waals surface area contributed by atoms with Gasteiger partial charge >= 0.3 is 6.09 Å². The predicted octanol–water partition coefficient (Wildman–Crippen LogP) is 5.82. The summed E-state index contributed by atoms with van der Waals surface area (Å²) in [6.45, 7) is 0.882. The van der Waals surface area contributed by atoms with E-state index in [1.165, 1.54) is 0 Å². The largest absolute Gasteiger partial charge is 0.496 e. The first kappa shape index (κ1) is 19.7. The van der Waals surface area contributed by atoms with Crippen molar-refractivity contribution in [2.75, 3.05) is 25.2 Å². The number of rotatable bonds is 4. The average molecular weight is 477 g/mol. The van der Waals surface area contributed by atoms with Crippen molar-refractivity contribution in [1.82, 2.24) is 4.90 Å². The molecule has 0 N–H and O–H groups in total. The SMILES string of the molecule is COc1ccc(Br)c2c1C(c1ccccc1)N(c1ccccc1)C(N1CCOC1=O)=C2. The summed E-state index contributed by atoms with van der Waals surface area (Å²) in [4.78, 5) is 16.5. The van der Waals surface area contributed by atoms with Crippen molar-refractivity contribution < 1.29 is 14.3 Å². The van der Waals surface area contributed by atoms with Gasteiger partial charge in [0, 0.05) is 21.3 Å². The Hall–Kier alpha value is -3.25. The van der Waals surface area contributed by atoms with Crippen LogP contribution in [-0.4, -0.2) is 31.3 Å². The number of nitrogens with zero attached hydrogens (tertiary/aromatic N) is 2. The van der Waals surface area contributed by atoms with Crippen LogP contribution in [0.4, 0.5) is 10.5 Å². The molecule has 1 atom stereocenters. The van der Waals surface area contributed by atoms with Crippen LogP contribution in [0.5, 0.6) is 5.75 Å². The lowest BCUT2D eigenvalue weighted by Crippen LogP contribution is -2.41. The van der Waals surface area contributed by atoms with Crippen LogP contribution in [0, 0.1) is 0 Å². The predicted molar refractivity (Wildman–Crippen MR) is 124 cm³/mol. The van der Waals surface area contributed by atoms with Crippen molar-refractivity contribution in [3.8, 4) is 5.75 Å². The molecule has 5 nitrogen and oxygen atoms in total. The van der Waals surface area contributed by atoms with Gasteiger partial charge in [-0.1, -0.05) is 64.5 Å². The van der Waals surface area contributed by atoms with E-state index in [9.17, 15) is 4.79 Å². The number of hydrogen-bond donors (Lipinski definition) is 0. The summed E-state index contributed by atoms with van der Waals surface area (Å²) in [6.07, 6.45) is 1.71. The molecule has 1 saturated heterocycles. The first-order valence-corrected chi connectivity index (χ1v) is 10.9. The number of methoxy groups -OCH3 is 1. The molecule has 0 radical (unpaired) electrons. The molecule has 2 aliphatic rings. The molecule has 31 heavy (non-hydrogen) atoms. The molecule has 6 heteroatoms. The summed E-state index contributed by atoms with van der Waals surface area (Å²) in [5, 5.41) is 0. The van der Waals surface area contributed by atoms with Gasteiger partial charge in [0.2, 0.25) is 0 Å².